The zero-order valence-corrected chi connectivity index (χ0v) is 11.0. The highest BCUT2D eigenvalue weighted by atomic mass is 35.7. The molecule has 0 radical (unpaired) electrons. The normalized spacial score (nSPS) is 20.6. The lowest BCUT2D eigenvalue weighted by Gasteiger charge is -2.14. The Kier molecular flexibility index (Phi) is 4.07. The van der Waals surface area contributed by atoms with E-state index in [1.807, 2.05) is 24.3 Å². The number of hydrogen-bond donors (Lipinski definition) is 0. The molecule has 0 amide bonds. The Balaban J connectivity index is 2.15. The molecule has 0 saturated carbocycles. The smallest absolute Gasteiger partial charge is 0.232 e. The molecule has 1 fully saturated rings. The first-order chi connectivity index (χ1) is 8.06. The molecule has 1 aliphatic heterocycles. The summed E-state index contributed by atoms with van der Waals surface area (Å²) in [6.45, 7) is 0.785. The second-order valence-corrected chi connectivity index (χ2v) is 7.09. The lowest BCUT2D eigenvalue weighted by molar-refractivity contribution is 0.111. The van der Waals surface area contributed by atoms with Crippen LogP contribution >= 0.6 is 10.7 Å². The minimum atomic E-state index is -3.43. The summed E-state index contributed by atoms with van der Waals surface area (Å²) in [4.78, 5) is 0. The maximum atomic E-state index is 11.0. The molecule has 1 saturated heterocycles. The Hall–Kier alpha value is -0.580. The van der Waals surface area contributed by atoms with Gasteiger partial charge in [-0.25, -0.2) is 8.42 Å². The summed E-state index contributed by atoms with van der Waals surface area (Å²) in [5.41, 5.74) is 2.12. The van der Waals surface area contributed by atoms with Crippen molar-refractivity contribution in [1.82, 2.24) is 0 Å². The van der Waals surface area contributed by atoms with Gasteiger partial charge in [-0.1, -0.05) is 24.3 Å². The molecule has 1 atom stereocenters. The van der Waals surface area contributed by atoms with E-state index in [2.05, 4.69) is 0 Å². The van der Waals surface area contributed by atoms with Crippen molar-refractivity contribution in [2.45, 2.75) is 25.4 Å². The highest BCUT2D eigenvalue weighted by molar-refractivity contribution is 8.13. The van der Waals surface area contributed by atoms with Gasteiger partial charge in [0.05, 0.1) is 11.9 Å². The first-order valence-electron chi connectivity index (χ1n) is 5.68. The fourth-order valence-electron chi connectivity index (χ4n) is 2.13. The maximum Gasteiger partial charge on any atom is 0.232 e. The van der Waals surface area contributed by atoms with Crippen LogP contribution in [0.4, 0.5) is 0 Å². The summed E-state index contributed by atoms with van der Waals surface area (Å²) >= 11 is 0. The minimum Gasteiger partial charge on any atom is -0.374 e. The van der Waals surface area contributed by atoms with Gasteiger partial charge in [-0.15, -0.1) is 0 Å². The summed E-state index contributed by atoms with van der Waals surface area (Å²) in [5.74, 6) is -0.0295. The van der Waals surface area contributed by atoms with Gasteiger partial charge in [0.1, 0.15) is 0 Å². The number of rotatable bonds is 4. The van der Waals surface area contributed by atoms with Gasteiger partial charge in [0, 0.05) is 17.3 Å². The molecule has 1 aliphatic rings. The molecule has 1 unspecified atom stereocenters. The van der Waals surface area contributed by atoms with Crippen molar-refractivity contribution in [2.75, 3.05) is 12.4 Å². The lowest BCUT2D eigenvalue weighted by atomic mass is 9.99. The van der Waals surface area contributed by atoms with E-state index in [-0.39, 0.29) is 11.9 Å². The highest BCUT2D eigenvalue weighted by Gasteiger charge is 2.20. The Morgan fingerprint density at radius 3 is 2.76 bits per heavy atom. The van der Waals surface area contributed by atoms with Crippen LogP contribution in [-0.2, 0) is 20.2 Å². The van der Waals surface area contributed by atoms with Crippen LogP contribution in [0.1, 0.15) is 30.1 Å². The third kappa shape index (κ3) is 3.69. The van der Waals surface area contributed by atoms with E-state index in [1.54, 1.807) is 0 Å². The quantitative estimate of drug-likeness (QED) is 0.793. The van der Waals surface area contributed by atoms with E-state index in [0.29, 0.717) is 6.42 Å². The number of benzene rings is 1. The number of hydrogen-bond acceptors (Lipinski definition) is 3. The van der Waals surface area contributed by atoms with Crippen LogP contribution in [0.25, 0.3) is 0 Å². The molecule has 0 aliphatic carbocycles. The number of ether oxygens (including phenoxy) is 1. The maximum absolute atomic E-state index is 11.0. The van der Waals surface area contributed by atoms with Crippen LogP contribution in [-0.4, -0.2) is 20.8 Å². The SMILES string of the molecule is O=S(=O)(Cl)CCc1ccccc1C1CCCO1. The molecule has 0 N–H and O–H groups in total. The first kappa shape index (κ1) is 12.9. The average molecular weight is 275 g/mol. The third-order valence-electron chi connectivity index (χ3n) is 2.95. The fraction of sp³-hybridized carbons (Fsp3) is 0.500. The second-order valence-electron chi connectivity index (χ2n) is 4.19. The van der Waals surface area contributed by atoms with Crippen molar-refractivity contribution in [3.8, 4) is 0 Å². The van der Waals surface area contributed by atoms with Crippen molar-refractivity contribution < 1.29 is 13.2 Å². The lowest BCUT2D eigenvalue weighted by Crippen LogP contribution is -2.06. The van der Waals surface area contributed by atoms with Crippen LogP contribution < -0.4 is 0 Å². The van der Waals surface area contributed by atoms with Gasteiger partial charge < -0.3 is 4.74 Å². The van der Waals surface area contributed by atoms with Gasteiger partial charge in [-0.05, 0) is 30.4 Å². The van der Waals surface area contributed by atoms with Crippen LogP contribution in [0.2, 0.25) is 0 Å². The van der Waals surface area contributed by atoms with Crippen LogP contribution in [0.15, 0.2) is 24.3 Å². The highest BCUT2D eigenvalue weighted by Crippen LogP contribution is 2.31. The van der Waals surface area contributed by atoms with E-state index in [9.17, 15) is 8.42 Å². The summed E-state index contributed by atoms with van der Waals surface area (Å²) in [5, 5.41) is 0. The molecule has 3 nitrogen and oxygen atoms in total. The van der Waals surface area contributed by atoms with E-state index in [4.69, 9.17) is 15.4 Å². The first-order valence-corrected chi connectivity index (χ1v) is 8.16. The molecule has 5 heteroatoms. The molecule has 1 aromatic carbocycles. The van der Waals surface area contributed by atoms with Crippen molar-refractivity contribution in [3.05, 3.63) is 35.4 Å². The zero-order chi connectivity index (χ0) is 12.3. The van der Waals surface area contributed by atoms with E-state index >= 15 is 0 Å². The number of aryl methyl sites for hydroxylation is 1. The van der Waals surface area contributed by atoms with Crippen LogP contribution in [0, 0.1) is 0 Å². The predicted octanol–water partition coefficient (Wildman–Crippen LogP) is 2.65. The van der Waals surface area contributed by atoms with Crippen LogP contribution in [0.5, 0.6) is 0 Å². The summed E-state index contributed by atoms with van der Waals surface area (Å²) in [7, 11) is 1.80. The van der Waals surface area contributed by atoms with E-state index in [1.165, 1.54) is 0 Å². The molecule has 2 rings (SSSR count). The van der Waals surface area contributed by atoms with Gasteiger partial charge in [0.25, 0.3) is 0 Å². The van der Waals surface area contributed by atoms with Crippen LogP contribution in [0.3, 0.4) is 0 Å². The van der Waals surface area contributed by atoms with Crippen molar-refractivity contribution in [1.29, 1.82) is 0 Å². The summed E-state index contributed by atoms with van der Waals surface area (Å²) in [6.07, 6.45) is 2.63. The topological polar surface area (TPSA) is 43.4 Å². The monoisotopic (exact) mass is 274 g/mol. The Morgan fingerprint density at radius 2 is 2.12 bits per heavy atom. The average Bonchev–Trinajstić information content (AvgIpc) is 2.79. The molecule has 0 bridgehead atoms. The predicted molar refractivity (Wildman–Crippen MR) is 67.7 cm³/mol. The second kappa shape index (κ2) is 5.38. The van der Waals surface area contributed by atoms with Gasteiger partial charge in [-0.3, -0.25) is 0 Å². The van der Waals surface area contributed by atoms with Crippen molar-refractivity contribution in [2.24, 2.45) is 0 Å². The Morgan fingerprint density at radius 1 is 1.35 bits per heavy atom. The molecular formula is C12H15ClO3S. The van der Waals surface area contributed by atoms with Gasteiger partial charge in [0.2, 0.25) is 9.05 Å². The minimum absolute atomic E-state index is 0.0295. The molecule has 0 spiro atoms. The van der Waals surface area contributed by atoms with Gasteiger partial charge >= 0.3 is 0 Å². The molecule has 17 heavy (non-hydrogen) atoms. The molecular weight excluding hydrogens is 260 g/mol. The van der Waals surface area contributed by atoms with Crippen molar-refractivity contribution in [3.63, 3.8) is 0 Å². The summed E-state index contributed by atoms with van der Waals surface area (Å²) < 4.78 is 27.6. The van der Waals surface area contributed by atoms with E-state index in [0.717, 1.165) is 30.6 Å². The summed E-state index contributed by atoms with van der Waals surface area (Å²) in [6, 6.07) is 7.82. The molecule has 1 aromatic rings. The largest absolute Gasteiger partial charge is 0.374 e. The number of halogens is 1. The van der Waals surface area contributed by atoms with E-state index < -0.39 is 9.05 Å². The third-order valence-corrected chi connectivity index (χ3v) is 4.10. The van der Waals surface area contributed by atoms with Gasteiger partial charge in [-0.2, -0.15) is 0 Å². The van der Waals surface area contributed by atoms with Crippen molar-refractivity contribution >= 4 is 19.7 Å². The molecule has 1 heterocycles. The standard InChI is InChI=1S/C12H15ClO3S/c13-17(14,15)9-7-10-4-1-2-5-11(10)12-6-3-8-16-12/h1-2,4-5,12H,3,6-9H2. The fourth-order valence-corrected chi connectivity index (χ4v) is 2.83. The Labute approximate surface area is 106 Å². The molecule has 94 valence electrons. The Bertz CT molecular complexity index is 478. The molecule has 0 aromatic heterocycles. The van der Waals surface area contributed by atoms with Gasteiger partial charge in [0.15, 0.2) is 0 Å². The zero-order valence-electron chi connectivity index (χ0n) is 9.43.